The highest BCUT2D eigenvalue weighted by Crippen LogP contribution is 2.51. The number of pyridine rings is 1. The molecule has 5 nitrogen and oxygen atoms in total. The van der Waals surface area contributed by atoms with E-state index in [0.29, 0.717) is 33.8 Å². The quantitative estimate of drug-likeness (QED) is 0.591. The molecule has 7 heteroatoms. The normalized spacial score (nSPS) is 27.2. The van der Waals surface area contributed by atoms with Crippen molar-refractivity contribution >= 4 is 23.2 Å². The molecular weight excluding hydrogens is 395 g/mol. The molecule has 2 aliphatic heterocycles. The molecule has 28 heavy (non-hydrogen) atoms. The summed E-state index contributed by atoms with van der Waals surface area (Å²) in [5.74, 6) is 1.70. The zero-order chi connectivity index (χ0) is 19.3. The lowest BCUT2D eigenvalue weighted by molar-refractivity contribution is 0.120. The van der Waals surface area contributed by atoms with E-state index in [-0.39, 0.29) is 11.8 Å². The zero-order valence-electron chi connectivity index (χ0n) is 15.4. The van der Waals surface area contributed by atoms with Crippen molar-refractivity contribution in [2.75, 3.05) is 7.05 Å². The van der Waals surface area contributed by atoms with Gasteiger partial charge in [-0.25, -0.2) is 0 Å². The predicted molar refractivity (Wildman–Crippen MR) is 109 cm³/mol. The summed E-state index contributed by atoms with van der Waals surface area (Å²) < 4.78 is 5.80. The van der Waals surface area contributed by atoms with Crippen molar-refractivity contribution in [3.63, 3.8) is 0 Å². The molecule has 0 amide bonds. The fourth-order valence-corrected chi connectivity index (χ4v) is 5.18. The van der Waals surface area contributed by atoms with Crippen LogP contribution < -0.4 is 0 Å². The molecule has 3 aromatic rings. The van der Waals surface area contributed by atoms with Gasteiger partial charge in [-0.15, -0.1) is 0 Å². The minimum Gasteiger partial charge on any atom is -0.339 e. The van der Waals surface area contributed by atoms with Crippen LogP contribution in [0.2, 0.25) is 10.0 Å². The molecule has 0 aliphatic carbocycles. The lowest BCUT2D eigenvalue weighted by Crippen LogP contribution is -2.44. The highest BCUT2D eigenvalue weighted by molar-refractivity contribution is 6.42. The van der Waals surface area contributed by atoms with Gasteiger partial charge in [-0.2, -0.15) is 4.98 Å². The lowest BCUT2D eigenvalue weighted by Gasteiger charge is -2.41. The smallest absolute Gasteiger partial charge is 0.232 e. The molecule has 0 spiro atoms. The third-order valence-corrected chi connectivity index (χ3v) is 7.05. The summed E-state index contributed by atoms with van der Waals surface area (Å²) in [6, 6.07) is 10.7. The van der Waals surface area contributed by atoms with E-state index in [4.69, 9.17) is 32.7 Å². The second kappa shape index (κ2) is 7.14. The van der Waals surface area contributed by atoms with Crippen LogP contribution >= 0.6 is 23.2 Å². The number of fused-ring (bicyclic) bond motifs is 2. The van der Waals surface area contributed by atoms with Gasteiger partial charge >= 0.3 is 0 Å². The molecule has 0 radical (unpaired) electrons. The second-order valence-electron chi connectivity index (χ2n) is 7.70. The Hall–Kier alpha value is -1.95. The lowest BCUT2D eigenvalue weighted by atomic mass is 9.76. The second-order valence-corrected chi connectivity index (χ2v) is 8.51. The molecule has 2 saturated heterocycles. The van der Waals surface area contributed by atoms with E-state index >= 15 is 0 Å². The van der Waals surface area contributed by atoms with Crippen molar-refractivity contribution in [1.82, 2.24) is 20.0 Å². The molecule has 0 unspecified atom stereocenters. The third kappa shape index (κ3) is 3.02. The summed E-state index contributed by atoms with van der Waals surface area (Å²) in [7, 11) is 2.21. The largest absolute Gasteiger partial charge is 0.339 e. The van der Waals surface area contributed by atoms with E-state index < -0.39 is 0 Å². The Morgan fingerprint density at radius 1 is 1.07 bits per heavy atom. The Balaban J connectivity index is 1.55. The molecule has 2 fully saturated rings. The first-order valence-corrected chi connectivity index (χ1v) is 10.3. The topological polar surface area (TPSA) is 55.1 Å². The zero-order valence-corrected chi connectivity index (χ0v) is 16.9. The number of piperidine rings is 1. The Bertz CT molecular complexity index is 993. The van der Waals surface area contributed by atoms with Crippen molar-refractivity contribution in [3.05, 3.63) is 64.2 Å². The summed E-state index contributed by atoms with van der Waals surface area (Å²) in [6.07, 6.45) is 6.85. The van der Waals surface area contributed by atoms with Crippen LogP contribution in [0.4, 0.5) is 0 Å². The molecule has 4 atom stereocenters. The van der Waals surface area contributed by atoms with Crippen molar-refractivity contribution in [2.24, 2.45) is 0 Å². The minimum absolute atomic E-state index is 0.129. The molecular formula is C21H20Cl2N4O. The van der Waals surface area contributed by atoms with Crippen LogP contribution in [0.15, 0.2) is 47.2 Å². The van der Waals surface area contributed by atoms with E-state index in [2.05, 4.69) is 28.2 Å². The minimum atomic E-state index is 0.129. The monoisotopic (exact) mass is 414 g/mol. The van der Waals surface area contributed by atoms with E-state index in [1.54, 1.807) is 12.4 Å². The fourth-order valence-electron chi connectivity index (χ4n) is 4.88. The maximum Gasteiger partial charge on any atom is 0.232 e. The van der Waals surface area contributed by atoms with E-state index in [1.807, 2.05) is 24.3 Å². The van der Waals surface area contributed by atoms with Crippen LogP contribution in [-0.2, 0) is 0 Å². The Morgan fingerprint density at radius 3 is 2.68 bits per heavy atom. The summed E-state index contributed by atoms with van der Waals surface area (Å²) >= 11 is 12.5. The number of benzene rings is 1. The Kier molecular flexibility index (Phi) is 4.62. The summed E-state index contributed by atoms with van der Waals surface area (Å²) in [6.45, 7) is 0. The highest BCUT2D eigenvalue weighted by atomic mass is 35.5. The number of halogens is 2. The van der Waals surface area contributed by atoms with Crippen molar-refractivity contribution in [3.8, 4) is 11.4 Å². The van der Waals surface area contributed by atoms with E-state index in [9.17, 15) is 0 Å². The summed E-state index contributed by atoms with van der Waals surface area (Å²) in [4.78, 5) is 11.3. The van der Waals surface area contributed by atoms with Crippen LogP contribution in [0.1, 0.15) is 42.6 Å². The predicted octanol–water partition coefficient (Wildman–Crippen LogP) is 5.17. The van der Waals surface area contributed by atoms with Gasteiger partial charge in [-0.3, -0.25) is 9.88 Å². The number of nitrogens with zero attached hydrogens (tertiary/aromatic N) is 4. The van der Waals surface area contributed by atoms with Crippen LogP contribution in [0.25, 0.3) is 11.4 Å². The number of hydrogen-bond acceptors (Lipinski definition) is 5. The van der Waals surface area contributed by atoms with Crippen molar-refractivity contribution < 1.29 is 4.52 Å². The molecule has 0 saturated carbocycles. The van der Waals surface area contributed by atoms with Gasteiger partial charge in [0.1, 0.15) is 0 Å². The van der Waals surface area contributed by atoms with Crippen LogP contribution in [-0.4, -0.2) is 39.2 Å². The molecule has 0 N–H and O–H groups in total. The fraction of sp³-hybridized carbons (Fsp3) is 0.381. The molecule has 144 valence electrons. The summed E-state index contributed by atoms with van der Waals surface area (Å²) in [5, 5.41) is 5.42. The van der Waals surface area contributed by atoms with Crippen LogP contribution in [0.5, 0.6) is 0 Å². The molecule has 2 bridgehead atoms. The standard InChI is InChI=1S/C21H20Cl2N4O/c1-27-14-3-5-18(27)19(15(11-14)13-2-4-16(22)17(23)10-13)21-25-20(26-28-21)12-6-8-24-9-7-12/h2,4,6-10,14-15,18-19H,3,5,11H2,1H3/t14-,15-,18+,19-/m1/s1. The molecule has 1 aromatic carbocycles. The van der Waals surface area contributed by atoms with Crippen molar-refractivity contribution in [1.29, 1.82) is 0 Å². The number of hydrogen-bond donors (Lipinski definition) is 0. The Labute approximate surface area is 173 Å². The maximum absolute atomic E-state index is 6.33. The van der Waals surface area contributed by atoms with Gasteiger partial charge in [-0.1, -0.05) is 34.4 Å². The Morgan fingerprint density at radius 2 is 1.89 bits per heavy atom. The average molecular weight is 415 g/mol. The van der Waals surface area contributed by atoms with E-state index in [1.165, 1.54) is 12.0 Å². The molecule has 4 heterocycles. The highest BCUT2D eigenvalue weighted by Gasteiger charge is 2.49. The van der Waals surface area contributed by atoms with E-state index in [0.717, 1.165) is 18.4 Å². The number of aromatic nitrogens is 3. The third-order valence-electron chi connectivity index (χ3n) is 6.31. The number of likely N-dealkylation sites (N-methyl/N-ethyl adjacent to an activating group) is 1. The maximum atomic E-state index is 6.33. The van der Waals surface area contributed by atoms with Gasteiger partial charge < -0.3 is 4.52 Å². The molecule has 2 aliphatic rings. The van der Waals surface area contributed by atoms with Gasteiger partial charge in [0.25, 0.3) is 0 Å². The first-order valence-electron chi connectivity index (χ1n) is 9.52. The SMILES string of the molecule is CN1[C@@H]2CC[C@H]1[C@H](c1nc(-c3ccncc3)no1)[C@@H](c1ccc(Cl)c(Cl)c1)C2. The first kappa shape index (κ1) is 18.1. The molecule has 5 rings (SSSR count). The van der Waals surface area contributed by atoms with Crippen molar-refractivity contribution in [2.45, 2.75) is 43.2 Å². The van der Waals surface area contributed by atoms with Crippen LogP contribution in [0, 0.1) is 0 Å². The number of rotatable bonds is 3. The van der Waals surface area contributed by atoms with Gasteiger partial charge in [-0.05, 0) is 62.1 Å². The average Bonchev–Trinajstić information content (AvgIpc) is 3.28. The molecule has 2 aromatic heterocycles. The van der Waals surface area contributed by atoms with Gasteiger partial charge in [0.05, 0.1) is 16.0 Å². The first-order chi connectivity index (χ1) is 13.6. The van der Waals surface area contributed by atoms with Crippen LogP contribution in [0.3, 0.4) is 0 Å². The van der Waals surface area contributed by atoms with Gasteiger partial charge in [0, 0.05) is 30.0 Å². The van der Waals surface area contributed by atoms with Gasteiger partial charge in [0.15, 0.2) is 0 Å². The van der Waals surface area contributed by atoms with Gasteiger partial charge in [0.2, 0.25) is 11.7 Å². The summed E-state index contributed by atoms with van der Waals surface area (Å²) in [5.41, 5.74) is 2.10.